The Labute approximate surface area is 160 Å². The van der Waals surface area contributed by atoms with Crippen molar-refractivity contribution in [2.75, 3.05) is 18.5 Å². The lowest BCUT2D eigenvalue weighted by Gasteiger charge is -2.10. The summed E-state index contributed by atoms with van der Waals surface area (Å²) < 4.78 is 5.65. The Kier molecular flexibility index (Phi) is 8.52. The number of rotatable bonds is 12. The average molecular weight is 369 g/mol. The van der Waals surface area contributed by atoms with E-state index in [1.165, 1.54) is 12.5 Å². The van der Waals surface area contributed by atoms with E-state index in [-0.39, 0.29) is 5.78 Å². The fraction of sp³-hybridized carbons (Fsp3) is 0.364. The maximum Gasteiger partial charge on any atom is 0.314 e. The van der Waals surface area contributed by atoms with Gasteiger partial charge in [0.15, 0.2) is 0 Å². The van der Waals surface area contributed by atoms with E-state index in [1.807, 2.05) is 42.5 Å². The van der Waals surface area contributed by atoms with E-state index in [0.29, 0.717) is 26.1 Å². The fourth-order valence-electron chi connectivity index (χ4n) is 2.77. The molecule has 144 valence electrons. The van der Waals surface area contributed by atoms with E-state index in [4.69, 9.17) is 9.84 Å². The molecule has 27 heavy (non-hydrogen) atoms. The molecule has 1 unspecified atom stereocenters. The number of ether oxygens (including phenoxy) is 1. The van der Waals surface area contributed by atoms with Gasteiger partial charge in [-0.2, -0.15) is 0 Å². The van der Waals surface area contributed by atoms with Crippen LogP contribution in [-0.2, 0) is 27.4 Å². The van der Waals surface area contributed by atoms with Crippen LogP contribution in [0.25, 0.3) is 0 Å². The van der Waals surface area contributed by atoms with Crippen molar-refractivity contribution in [3.63, 3.8) is 0 Å². The smallest absolute Gasteiger partial charge is 0.314 e. The molecule has 0 aliphatic rings. The van der Waals surface area contributed by atoms with Gasteiger partial charge in [0, 0.05) is 18.8 Å². The third-order valence-electron chi connectivity index (χ3n) is 4.37. The van der Waals surface area contributed by atoms with Crippen LogP contribution in [0.3, 0.4) is 0 Å². The number of Topliss-reactive ketones (excluding diaryl/α,β-unsaturated/α-hetero) is 1. The number of carboxylic acid groups (broad SMARTS) is 1. The van der Waals surface area contributed by atoms with E-state index in [0.717, 1.165) is 24.2 Å². The monoisotopic (exact) mass is 369 g/mol. The largest absolute Gasteiger partial charge is 0.481 e. The van der Waals surface area contributed by atoms with Crippen LogP contribution in [0, 0.1) is 5.92 Å². The van der Waals surface area contributed by atoms with Gasteiger partial charge in [-0.3, -0.25) is 9.59 Å². The maximum absolute atomic E-state index is 11.3. The Morgan fingerprint density at radius 2 is 1.74 bits per heavy atom. The first kappa shape index (κ1) is 20.6. The topological polar surface area (TPSA) is 75.6 Å². The molecule has 5 heteroatoms. The van der Waals surface area contributed by atoms with Gasteiger partial charge in [0.05, 0.1) is 6.61 Å². The lowest BCUT2D eigenvalue weighted by atomic mass is 9.96. The van der Waals surface area contributed by atoms with Gasteiger partial charge in [0.25, 0.3) is 0 Å². The summed E-state index contributed by atoms with van der Waals surface area (Å²) in [5.41, 5.74) is 3.22. The van der Waals surface area contributed by atoms with Crippen LogP contribution in [0.4, 0.5) is 5.69 Å². The number of carbonyl (C=O) groups is 2. The highest BCUT2D eigenvalue weighted by Crippen LogP contribution is 2.15. The van der Waals surface area contributed by atoms with Crippen LogP contribution < -0.4 is 5.32 Å². The van der Waals surface area contributed by atoms with Gasteiger partial charge in [-0.25, -0.2) is 0 Å². The Morgan fingerprint density at radius 1 is 1.04 bits per heavy atom. The molecular weight excluding hydrogens is 342 g/mol. The standard InChI is InChI=1S/C22H27NO4/c1-17(24)21(22(25)26)13-10-18-8-11-20(12-9-18)23-14-5-15-27-16-19-6-3-2-4-7-19/h2-4,6-9,11-12,21,23H,5,10,13-16H2,1H3,(H,25,26). The predicted molar refractivity (Wildman–Crippen MR) is 106 cm³/mol. The number of hydrogen-bond donors (Lipinski definition) is 2. The second kappa shape index (κ2) is 11.1. The van der Waals surface area contributed by atoms with Crippen LogP contribution in [-0.4, -0.2) is 30.0 Å². The van der Waals surface area contributed by atoms with Crippen LogP contribution >= 0.6 is 0 Å². The van der Waals surface area contributed by atoms with Gasteiger partial charge in [-0.05, 0) is 49.4 Å². The number of aliphatic carboxylic acids is 1. The van der Waals surface area contributed by atoms with Crippen LogP contribution in [0.2, 0.25) is 0 Å². The van der Waals surface area contributed by atoms with Crippen molar-refractivity contribution in [2.45, 2.75) is 32.8 Å². The van der Waals surface area contributed by atoms with Gasteiger partial charge in [0.2, 0.25) is 0 Å². The van der Waals surface area contributed by atoms with Gasteiger partial charge >= 0.3 is 5.97 Å². The average Bonchev–Trinajstić information content (AvgIpc) is 2.66. The minimum Gasteiger partial charge on any atom is -0.481 e. The van der Waals surface area contributed by atoms with E-state index in [1.54, 1.807) is 0 Å². The number of carboxylic acids is 1. The molecule has 2 N–H and O–H groups in total. The Hall–Kier alpha value is -2.66. The van der Waals surface area contributed by atoms with Crippen molar-refractivity contribution >= 4 is 17.4 Å². The molecule has 2 rings (SSSR count). The van der Waals surface area contributed by atoms with Crippen molar-refractivity contribution in [1.29, 1.82) is 0 Å². The van der Waals surface area contributed by atoms with E-state index in [2.05, 4.69) is 17.4 Å². The third kappa shape index (κ3) is 7.62. The molecule has 0 heterocycles. The van der Waals surface area contributed by atoms with E-state index >= 15 is 0 Å². The molecule has 2 aromatic carbocycles. The van der Waals surface area contributed by atoms with Crippen LogP contribution in [0.15, 0.2) is 54.6 Å². The van der Waals surface area contributed by atoms with Crippen molar-refractivity contribution in [2.24, 2.45) is 5.92 Å². The number of hydrogen-bond acceptors (Lipinski definition) is 4. The van der Waals surface area contributed by atoms with E-state index < -0.39 is 11.9 Å². The van der Waals surface area contributed by atoms with Crippen molar-refractivity contribution in [3.8, 4) is 0 Å². The van der Waals surface area contributed by atoms with E-state index in [9.17, 15) is 9.59 Å². The highest BCUT2D eigenvalue weighted by atomic mass is 16.5. The summed E-state index contributed by atoms with van der Waals surface area (Å²) in [5, 5.41) is 12.4. The molecule has 1 atom stereocenters. The number of anilines is 1. The molecule has 0 aliphatic heterocycles. The molecule has 2 aromatic rings. The Balaban J connectivity index is 1.63. The predicted octanol–water partition coefficient (Wildman–Crippen LogP) is 3.93. The van der Waals surface area contributed by atoms with Gasteiger partial charge in [0.1, 0.15) is 11.7 Å². The second-order valence-corrected chi connectivity index (χ2v) is 6.56. The summed E-state index contributed by atoms with van der Waals surface area (Å²) in [6.07, 6.45) is 1.81. The zero-order valence-electron chi connectivity index (χ0n) is 15.7. The highest BCUT2D eigenvalue weighted by molar-refractivity contribution is 5.96. The van der Waals surface area contributed by atoms with Crippen molar-refractivity contribution in [1.82, 2.24) is 0 Å². The highest BCUT2D eigenvalue weighted by Gasteiger charge is 2.21. The molecule has 0 aliphatic carbocycles. The Morgan fingerprint density at radius 3 is 2.37 bits per heavy atom. The zero-order chi connectivity index (χ0) is 19.5. The van der Waals surface area contributed by atoms with Gasteiger partial charge in [-0.1, -0.05) is 42.5 Å². The lowest BCUT2D eigenvalue weighted by Crippen LogP contribution is -2.22. The quantitative estimate of drug-likeness (QED) is 0.438. The first-order valence-electron chi connectivity index (χ1n) is 9.24. The van der Waals surface area contributed by atoms with Crippen LogP contribution in [0.5, 0.6) is 0 Å². The molecule has 0 fully saturated rings. The number of benzene rings is 2. The molecule has 0 saturated heterocycles. The molecule has 0 aromatic heterocycles. The number of nitrogens with one attached hydrogen (secondary N) is 1. The molecule has 0 bridgehead atoms. The summed E-state index contributed by atoms with van der Waals surface area (Å²) in [6, 6.07) is 18.0. The number of carbonyl (C=O) groups excluding carboxylic acids is 1. The van der Waals surface area contributed by atoms with Crippen molar-refractivity contribution < 1.29 is 19.4 Å². The third-order valence-corrected chi connectivity index (χ3v) is 4.37. The molecule has 0 radical (unpaired) electrons. The summed E-state index contributed by atoms with van der Waals surface area (Å²) in [4.78, 5) is 22.4. The fourth-order valence-corrected chi connectivity index (χ4v) is 2.77. The van der Waals surface area contributed by atoms with Crippen LogP contribution in [0.1, 0.15) is 30.9 Å². The minimum absolute atomic E-state index is 0.296. The lowest BCUT2D eigenvalue weighted by molar-refractivity contribution is -0.145. The summed E-state index contributed by atoms with van der Waals surface area (Å²) in [7, 11) is 0. The molecular formula is C22H27NO4. The number of aryl methyl sites for hydroxylation is 1. The summed E-state index contributed by atoms with van der Waals surface area (Å²) in [6.45, 7) is 3.48. The molecule has 0 amide bonds. The maximum atomic E-state index is 11.3. The summed E-state index contributed by atoms with van der Waals surface area (Å²) in [5.74, 6) is -2.26. The molecule has 5 nitrogen and oxygen atoms in total. The normalized spacial score (nSPS) is 11.7. The first-order chi connectivity index (χ1) is 13.1. The van der Waals surface area contributed by atoms with Crippen molar-refractivity contribution in [3.05, 3.63) is 65.7 Å². The zero-order valence-corrected chi connectivity index (χ0v) is 15.7. The minimum atomic E-state index is -1.05. The first-order valence-corrected chi connectivity index (χ1v) is 9.24. The number of ketones is 1. The second-order valence-electron chi connectivity index (χ2n) is 6.56. The molecule has 0 spiro atoms. The SMILES string of the molecule is CC(=O)C(CCc1ccc(NCCCOCc2ccccc2)cc1)C(=O)O. The summed E-state index contributed by atoms with van der Waals surface area (Å²) >= 11 is 0. The van der Waals surface area contributed by atoms with Gasteiger partial charge in [-0.15, -0.1) is 0 Å². The molecule has 0 saturated carbocycles. The Bertz CT molecular complexity index is 699. The van der Waals surface area contributed by atoms with Gasteiger partial charge < -0.3 is 15.2 Å².